The van der Waals surface area contributed by atoms with Gasteiger partial charge in [0.15, 0.2) is 10.2 Å². The van der Waals surface area contributed by atoms with E-state index in [1.807, 2.05) is 0 Å². The summed E-state index contributed by atoms with van der Waals surface area (Å²) in [6.07, 6.45) is 0. The number of nitrogens with one attached hydrogen (secondary N) is 6. The van der Waals surface area contributed by atoms with E-state index in [0.29, 0.717) is 21.3 Å². The fourth-order valence-corrected chi connectivity index (χ4v) is 3.74. The van der Waals surface area contributed by atoms with Crippen LogP contribution in [-0.2, 0) is 0 Å². The molecule has 6 N–H and O–H groups in total. The van der Waals surface area contributed by atoms with Crippen LogP contribution in [0.15, 0.2) is 60.7 Å². The average Bonchev–Trinajstić information content (AvgIpc) is 3.37. The van der Waals surface area contributed by atoms with Crippen molar-refractivity contribution in [2.75, 3.05) is 24.9 Å². The van der Waals surface area contributed by atoms with Crippen LogP contribution in [0.25, 0.3) is 0 Å². The van der Waals surface area contributed by atoms with Crippen molar-refractivity contribution in [3.8, 4) is 11.5 Å². The van der Waals surface area contributed by atoms with Crippen molar-refractivity contribution in [1.82, 2.24) is 21.7 Å². The zero-order chi connectivity index (χ0) is 25.2. The molecule has 0 saturated carbocycles. The van der Waals surface area contributed by atoms with Crippen LogP contribution >= 0.6 is 35.8 Å². The van der Waals surface area contributed by atoms with Gasteiger partial charge in [-0.25, -0.2) is 0 Å². The summed E-state index contributed by atoms with van der Waals surface area (Å²) in [7, 11) is 3.16. The number of thiophene rings is 1. The monoisotopic (exact) mass is 530 g/mol. The maximum absolute atomic E-state index is 12.4. The Balaban J connectivity index is 1.42. The summed E-state index contributed by atoms with van der Waals surface area (Å²) in [6.45, 7) is 0. The zero-order valence-electron chi connectivity index (χ0n) is 18.6. The molecule has 0 bridgehead atoms. The van der Waals surface area contributed by atoms with Gasteiger partial charge in [0.05, 0.1) is 24.0 Å². The second kappa shape index (κ2) is 12.5. The van der Waals surface area contributed by atoms with E-state index >= 15 is 0 Å². The SMILES string of the molecule is COc1ccc(NC(=S)NNC(=O)c2ccc(C(=O)NNC(=S)Nc3ccc(OC)cc3)s2)cc1. The van der Waals surface area contributed by atoms with Gasteiger partial charge in [-0.2, -0.15) is 0 Å². The Morgan fingerprint density at radius 1 is 0.629 bits per heavy atom. The first-order valence-electron chi connectivity index (χ1n) is 10.0. The molecule has 3 aromatic rings. The molecule has 13 heteroatoms. The van der Waals surface area contributed by atoms with Gasteiger partial charge in [0.1, 0.15) is 11.5 Å². The lowest BCUT2D eigenvalue weighted by Gasteiger charge is -2.11. The summed E-state index contributed by atoms with van der Waals surface area (Å²) in [5, 5.41) is 6.25. The molecule has 3 rings (SSSR count). The summed E-state index contributed by atoms with van der Waals surface area (Å²) in [4.78, 5) is 25.4. The fraction of sp³-hybridized carbons (Fsp3) is 0.0909. The molecule has 0 spiro atoms. The van der Waals surface area contributed by atoms with Crippen LogP contribution in [-0.4, -0.2) is 36.3 Å². The predicted molar refractivity (Wildman–Crippen MR) is 144 cm³/mol. The molecule has 0 fully saturated rings. The molecule has 0 saturated heterocycles. The third kappa shape index (κ3) is 7.81. The Kier molecular flexibility index (Phi) is 9.17. The number of amides is 2. The average molecular weight is 531 g/mol. The lowest BCUT2D eigenvalue weighted by Crippen LogP contribution is -2.43. The third-order valence-electron chi connectivity index (χ3n) is 4.33. The number of benzene rings is 2. The van der Waals surface area contributed by atoms with Crippen LogP contribution in [0.5, 0.6) is 11.5 Å². The smallest absolute Gasteiger partial charge is 0.279 e. The van der Waals surface area contributed by atoms with E-state index in [1.54, 1.807) is 62.8 Å². The molecule has 2 aromatic carbocycles. The minimum atomic E-state index is -0.447. The highest BCUT2D eigenvalue weighted by Crippen LogP contribution is 2.17. The summed E-state index contributed by atoms with van der Waals surface area (Å²) in [5.74, 6) is 0.534. The van der Waals surface area contributed by atoms with Crippen molar-refractivity contribution < 1.29 is 19.1 Å². The van der Waals surface area contributed by atoms with Crippen LogP contribution < -0.4 is 41.8 Å². The number of thiocarbonyl (C=S) groups is 2. The van der Waals surface area contributed by atoms with Crippen molar-refractivity contribution in [2.45, 2.75) is 0 Å². The molecule has 35 heavy (non-hydrogen) atoms. The highest BCUT2D eigenvalue weighted by atomic mass is 32.1. The molecule has 10 nitrogen and oxygen atoms in total. The van der Waals surface area contributed by atoms with Gasteiger partial charge < -0.3 is 20.1 Å². The molecular formula is C22H22N6O4S3. The first kappa shape index (κ1) is 25.7. The number of hydrogen-bond donors (Lipinski definition) is 6. The zero-order valence-corrected chi connectivity index (χ0v) is 21.1. The van der Waals surface area contributed by atoms with Crippen LogP contribution in [0, 0.1) is 0 Å². The third-order valence-corrected chi connectivity index (χ3v) is 5.82. The van der Waals surface area contributed by atoms with E-state index in [1.165, 1.54) is 12.1 Å². The molecular weight excluding hydrogens is 508 g/mol. The molecule has 0 aliphatic carbocycles. The molecule has 182 valence electrons. The molecule has 0 aliphatic heterocycles. The van der Waals surface area contributed by atoms with Gasteiger partial charge in [0, 0.05) is 11.4 Å². The Bertz CT molecular complexity index is 1110. The Morgan fingerprint density at radius 2 is 1.00 bits per heavy atom. The maximum atomic E-state index is 12.4. The van der Waals surface area contributed by atoms with Crippen molar-refractivity contribution in [3.63, 3.8) is 0 Å². The topological polar surface area (TPSA) is 125 Å². The van der Waals surface area contributed by atoms with E-state index in [-0.39, 0.29) is 10.2 Å². The minimum absolute atomic E-state index is 0.195. The number of carbonyl (C=O) groups excluding carboxylic acids is 2. The van der Waals surface area contributed by atoms with Gasteiger partial charge in [0.25, 0.3) is 11.8 Å². The number of hydrazine groups is 2. The fourth-order valence-electron chi connectivity index (χ4n) is 2.61. The summed E-state index contributed by atoms with van der Waals surface area (Å²) < 4.78 is 10.2. The lowest BCUT2D eigenvalue weighted by atomic mass is 10.3. The van der Waals surface area contributed by atoms with E-state index in [9.17, 15) is 9.59 Å². The van der Waals surface area contributed by atoms with Gasteiger partial charge >= 0.3 is 0 Å². The summed E-state index contributed by atoms with van der Waals surface area (Å²) in [6, 6.07) is 17.3. The van der Waals surface area contributed by atoms with Crippen molar-refractivity contribution >= 4 is 69.2 Å². The van der Waals surface area contributed by atoms with Crippen LogP contribution in [0.2, 0.25) is 0 Å². The normalized spacial score (nSPS) is 9.89. The molecule has 0 atom stereocenters. The number of ether oxygens (including phenoxy) is 2. The summed E-state index contributed by atoms with van der Waals surface area (Å²) >= 11 is 11.3. The Hall–Kier alpha value is -3.94. The molecule has 2 amide bonds. The number of hydrogen-bond acceptors (Lipinski definition) is 7. The molecule has 1 aromatic heterocycles. The van der Waals surface area contributed by atoms with E-state index in [2.05, 4.69) is 32.3 Å². The van der Waals surface area contributed by atoms with E-state index in [0.717, 1.165) is 22.7 Å². The standard InChI is InChI=1S/C22H22N6O4S3/c1-31-15-7-3-13(4-8-15)23-21(33)27-25-19(29)17-11-12-18(35-17)20(30)26-28-22(34)24-14-5-9-16(32-2)10-6-14/h3-12H,1-2H3,(H,25,29)(H,26,30)(H2,23,27,33)(H2,24,28,34). The first-order chi connectivity index (χ1) is 16.9. The number of carbonyl (C=O) groups is 2. The van der Waals surface area contributed by atoms with Crippen molar-refractivity contribution in [1.29, 1.82) is 0 Å². The highest BCUT2D eigenvalue weighted by molar-refractivity contribution is 7.80. The van der Waals surface area contributed by atoms with Gasteiger partial charge in [-0.15, -0.1) is 11.3 Å². The molecule has 0 unspecified atom stereocenters. The van der Waals surface area contributed by atoms with Gasteiger partial charge in [-0.05, 0) is 85.1 Å². The van der Waals surface area contributed by atoms with Gasteiger partial charge in [0.2, 0.25) is 0 Å². The Morgan fingerprint density at radius 3 is 1.34 bits per heavy atom. The summed E-state index contributed by atoms with van der Waals surface area (Å²) in [5.41, 5.74) is 11.6. The molecule has 1 heterocycles. The van der Waals surface area contributed by atoms with Crippen LogP contribution in [0.3, 0.4) is 0 Å². The maximum Gasteiger partial charge on any atom is 0.279 e. The number of rotatable bonds is 6. The van der Waals surface area contributed by atoms with Gasteiger partial charge in [-0.3, -0.25) is 31.3 Å². The van der Waals surface area contributed by atoms with Crippen LogP contribution in [0.1, 0.15) is 19.3 Å². The second-order valence-electron chi connectivity index (χ2n) is 6.69. The molecule has 0 aliphatic rings. The number of methoxy groups -OCH3 is 2. The highest BCUT2D eigenvalue weighted by Gasteiger charge is 2.14. The molecule has 0 radical (unpaired) electrons. The van der Waals surface area contributed by atoms with Crippen LogP contribution in [0.4, 0.5) is 11.4 Å². The van der Waals surface area contributed by atoms with E-state index in [4.69, 9.17) is 33.9 Å². The van der Waals surface area contributed by atoms with E-state index < -0.39 is 11.8 Å². The minimum Gasteiger partial charge on any atom is -0.497 e. The first-order valence-corrected chi connectivity index (χ1v) is 11.6. The van der Waals surface area contributed by atoms with Gasteiger partial charge in [-0.1, -0.05) is 0 Å². The number of anilines is 2. The van der Waals surface area contributed by atoms with Crippen molar-refractivity contribution in [3.05, 3.63) is 70.4 Å². The largest absolute Gasteiger partial charge is 0.497 e. The lowest BCUT2D eigenvalue weighted by molar-refractivity contribution is 0.0941. The predicted octanol–water partition coefficient (Wildman–Crippen LogP) is 3.03. The quantitative estimate of drug-likeness (QED) is 0.209. The second-order valence-corrected chi connectivity index (χ2v) is 8.59. The van der Waals surface area contributed by atoms with Crippen molar-refractivity contribution in [2.24, 2.45) is 0 Å². The Labute approximate surface area is 216 Å².